The van der Waals surface area contributed by atoms with Gasteiger partial charge in [0, 0.05) is 19.5 Å². The van der Waals surface area contributed by atoms with Crippen molar-refractivity contribution in [3.05, 3.63) is 71.8 Å². The van der Waals surface area contributed by atoms with Crippen LogP contribution in [-0.2, 0) is 11.3 Å². The van der Waals surface area contributed by atoms with Crippen LogP contribution >= 0.6 is 0 Å². The van der Waals surface area contributed by atoms with Gasteiger partial charge in [-0.2, -0.15) is 0 Å². The minimum absolute atomic E-state index is 0.172. The van der Waals surface area contributed by atoms with Crippen molar-refractivity contribution in [2.45, 2.75) is 18.9 Å². The lowest BCUT2D eigenvalue weighted by Gasteiger charge is -2.17. The van der Waals surface area contributed by atoms with Crippen LogP contribution in [0.25, 0.3) is 0 Å². The Balaban J connectivity index is 1.60. The van der Waals surface area contributed by atoms with Crippen molar-refractivity contribution in [2.75, 3.05) is 7.05 Å². The molecule has 0 spiro atoms. The van der Waals surface area contributed by atoms with Crippen LogP contribution in [0.1, 0.15) is 23.5 Å². The zero-order chi connectivity index (χ0) is 13.9. The standard InChI is InChI=1S/C18H19NO/c1-19(13-14-8-4-2-5-9-14)18(20)17-12-16(17)15-10-6-3-7-11-15/h2-11,16-17H,12-13H2,1H3. The number of carbonyl (C=O) groups is 1. The minimum atomic E-state index is 0.172. The highest BCUT2D eigenvalue weighted by Gasteiger charge is 2.44. The maximum atomic E-state index is 12.4. The summed E-state index contributed by atoms with van der Waals surface area (Å²) in [5, 5.41) is 0. The summed E-state index contributed by atoms with van der Waals surface area (Å²) >= 11 is 0. The molecule has 0 bridgehead atoms. The van der Waals surface area contributed by atoms with Gasteiger partial charge in [0.05, 0.1) is 0 Å². The molecule has 0 heterocycles. The van der Waals surface area contributed by atoms with Gasteiger partial charge in [0.1, 0.15) is 0 Å². The highest BCUT2D eigenvalue weighted by atomic mass is 16.2. The Labute approximate surface area is 120 Å². The molecule has 2 aromatic rings. The highest BCUT2D eigenvalue weighted by Crippen LogP contribution is 2.48. The summed E-state index contributed by atoms with van der Waals surface area (Å²) in [5.41, 5.74) is 2.47. The summed E-state index contributed by atoms with van der Waals surface area (Å²) in [6, 6.07) is 20.5. The first-order valence-corrected chi connectivity index (χ1v) is 7.09. The maximum Gasteiger partial charge on any atom is 0.226 e. The van der Waals surface area contributed by atoms with Gasteiger partial charge in [-0.15, -0.1) is 0 Å². The molecular weight excluding hydrogens is 246 g/mol. The Bertz CT molecular complexity index is 575. The largest absolute Gasteiger partial charge is 0.341 e. The third-order valence-electron chi connectivity index (χ3n) is 3.97. The van der Waals surface area contributed by atoms with E-state index in [1.165, 1.54) is 11.1 Å². The summed E-state index contributed by atoms with van der Waals surface area (Å²) in [6.45, 7) is 0.692. The van der Waals surface area contributed by atoms with Crippen LogP contribution in [0, 0.1) is 5.92 Å². The quantitative estimate of drug-likeness (QED) is 0.829. The lowest BCUT2D eigenvalue weighted by atomic mass is 10.1. The molecule has 20 heavy (non-hydrogen) atoms. The summed E-state index contributed by atoms with van der Waals surface area (Å²) in [7, 11) is 1.90. The molecule has 2 heteroatoms. The molecule has 2 aromatic carbocycles. The molecular formula is C18H19NO. The molecule has 0 saturated heterocycles. The molecule has 1 amide bonds. The van der Waals surface area contributed by atoms with Crippen molar-refractivity contribution in [3.63, 3.8) is 0 Å². The number of carbonyl (C=O) groups excluding carboxylic acids is 1. The van der Waals surface area contributed by atoms with Gasteiger partial charge >= 0.3 is 0 Å². The third-order valence-corrected chi connectivity index (χ3v) is 3.97. The number of amides is 1. The van der Waals surface area contributed by atoms with Gasteiger partial charge in [0.25, 0.3) is 0 Å². The van der Waals surface area contributed by atoms with Gasteiger partial charge in [-0.3, -0.25) is 4.79 Å². The van der Waals surface area contributed by atoms with E-state index in [1.54, 1.807) is 0 Å². The van der Waals surface area contributed by atoms with Crippen LogP contribution in [0.5, 0.6) is 0 Å². The molecule has 2 nitrogen and oxygen atoms in total. The van der Waals surface area contributed by atoms with Crippen LogP contribution in [0.3, 0.4) is 0 Å². The molecule has 2 unspecified atom stereocenters. The summed E-state index contributed by atoms with van der Waals surface area (Å²) in [4.78, 5) is 14.3. The lowest BCUT2D eigenvalue weighted by Crippen LogP contribution is -2.28. The van der Waals surface area contributed by atoms with Crippen LogP contribution in [-0.4, -0.2) is 17.9 Å². The van der Waals surface area contributed by atoms with Crippen LogP contribution in [0.2, 0.25) is 0 Å². The average Bonchev–Trinajstić information content (AvgIpc) is 3.29. The van der Waals surface area contributed by atoms with Gasteiger partial charge in [0.2, 0.25) is 5.91 Å². The van der Waals surface area contributed by atoms with E-state index in [9.17, 15) is 4.79 Å². The van der Waals surface area contributed by atoms with Gasteiger partial charge in [0.15, 0.2) is 0 Å². The second-order valence-electron chi connectivity index (χ2n) is 5.54. The lowest BCUT2D eigenvalue weighted by molar-refractivity contribution is -0.131. The molecule has 1 aliphatic rings. The molecule has 0 N–H and O–H groups in total. The molecule has 0 radical (unpaired) electrons. The number of rotatable bonds is 4. The number of benzene rings is 2. The highest BCUT2D eigenvalue weighted by molar-refractivity contribution is 5.82. The van der Waals surface area contributed by atoms with E-state index in [0.29, 0.717) is 12.5 Å². The molecule has 0 aliphatic heterocycles. The van der Waals surface area contributed by atoms with E-state index in [-0.39, 0.29) is 11.8 Å². The molecule has 1 fully saturated rings. The van der Waals surface area contributed by atoms with E-state index in [0.717, 1.165) is 6.42 Å². The summed E-state index contributed by atoms with van der Waals surface area (Å²) < 4.78 is 0. The Hall–Kier alpha value is -2.09. The van der Waals surface area contributed by atoms with E-state index in [4.69, 9.17) is 0 Å². The van der Waals surface area contributed by atoms with Crippen molar-refractivity contribution in [2.24, 2.45) is 5.92 Å². The zero-order valence-electron chi connectivity index (χ0n) is 11.7. The second-order valence-corrected chi connectivity index (χ2v) is 5.54. The van der Waals surface area contributed by atoms with Crippen LogP contribution in [0.4, 0.5) is 0 Å². The normalized spacial score (nSPS) is 20.4. The maximum absolute atomic E-state index is 12.4. The second kappa shape index (κ2) is 5.49. The number of hydrogen-bond acceptors (Lipinski definition) is 1. The van der Waals surface area contributed by atoms with Crippen molar-refractivity contribution in [1.82, 2.24) is 4.90 Å². The van der Waals surface area contributed by atoms with Crippen LogP contribution in [0.15, 0.2) is 60.7 Å². The fourth-order valence-corrected chi connectivity index (χ4v) is 2.75. The smallest absolute Gasteiger partial charge is 0.226 e. The first-order valence-electron chi connectivity index (χ1n) is 7.09. The van der Waals surface area contributed by atoms with Crippen molar-refractivity contribution >= 4 is 5.91 Å². The van der Waals surface area contributed by atoms with E-state index in [2.05, 4.69) is 24.3 Å². The Morgan fingerprint density at radius 2 is 1.65 bits per heavy atom. The van der Waals surface area contributed by atoms with Gasteiger partial charge < -0.3 is 4.90 Å². The van der Waals surface area contributed by atoms with Gasteiger partial charge in [-0.05, 0) is 23.5 Å². The SMILES string of the molecule is CN(Cc1ccccc1)C(=O)C1CC1c1ccccc1. The zero-order valence-corrected chi connectivity index (χ0v) is 11.7. The fourth-order valence-electron chi connectivity index (χ4n) is 2.75. The predicted molar refractivity (Wildman–Crippen MR) is 80.2 cm³/mol. The first-order chi connectivity index (χ1) is 9.75. The molecule has 0 aromatic heterocycles. The molecule has 3 rings (SSSR count). The predicted octanol–water partition coefficient (Wildman–Crippen LogP) is 3.45. The van der Waals surface area contributed by atoms with Crippen molar-refractivity contribution in [3.8, 4) is 0 Å². The number of nitrogens with zero attached hydrogens (tertiary/aromatic N) is 1. The van der Waals surface area contributed by atoms with Gasteiger partial charge in [-0.25, -0.2) is 0 Å². The Morgan fingerprint density at radius 3 is 2.30 bits per heavy atom. The van der Waals surface area contributed by atoms with E-state index >= 15 is 0 Å². The Kier molecular flexibility index (Phi) is 3.55. The first kappa shape index (κ1) is 12.9. The van der Waals surface area contributed by atoms with E-state index < -0.39 is 0 Å². The minimum Gasteiger partial charge on any atom is -0.341 e. The fraction of sp³-hybridized carbons (Fsp3) is 0.278. The van der Waals surface area contributed by atoms with Crippen LogP contribution < -0.4 is 0 Å². The topological polar surface area (TPSA) is 20.3 Å². The summed E-state index contributed by atoms with van der Waals surface area (Å²) in [6.07, 6.45) is 0.988. The summed E-state index contributed by atoms with van der Waals surface area (Å²) in [5.74, 6) is 0.857. The Morgan fingerprint density at radius 1 is 1.05 bits per heavy atom. The monoisotopic (exact) mass is 265 g/mol. The van der Waals surface area contributed by atoms with Gasteiger partial charge in [-0.1, -0.05) is 60.7 Å². The molecule has 1 aliphatic carbocycles. The van der Waals surface area contributed by atoms with E-state index in [1.807, 2.05) is 48.3 Å². The number of hydrogen-bond donors (Lipinski definition) is 0. The molecule has 1 saturated carbocycles. The molecule has 102 valence electrons. The van der Waals surface area contributed by atoms with Crippen molar-refractivity contribution in [1.29, 1.82) is 0 Å². The average molecular weight is 265 g/mol. The van der Waals surface area contributed by atoms with Crippen molar-refractivity contribution < 1.29 is 4.79 Å². The third kappa shape index (κ3) is 2.74. The molecule has 2 atom stereocenters.